The average molecular weight is 346 g/mol. The predicted molar refractivity (Wildman–Crippen MR) is 72.3 cm³/mol. The molecule has 2 rings (SSSR count). The van der Waals surface area contributed by atoms with Crippen LogP contribution in [0.4, 0.5) is 0 Å². The van der Waals surface area contributed by atoms with Crippen LogP contribution in [0.2, 0.25) is 0 Å². The van der Waals surface area contributed by atoms with E-state index in [0.717, 1.165) is 22.0 Å². The molecular formula is C12H15IN2O2. The van der Waals surface area contributed by atoms with Crippen molar-refractivity contribution in [3.8, 4) is 0 Å². The number of pyridine rings is 1. The molecule has 2 atom stereocenters. The highest BCUT2D eigenvalue weighted by Crippen LogP contribution is 2.37. The van der Waals surface area contributed by atoms with Crippen LogP contribution >= 0.6 is 22.6 Å². The summed E-state index contributed by atoms with van der Waals surface area (Å²) in [6.07, 6.45) is 5.32. The van der Waals surface area contributed by atoms with Crippen LogP contribution in [0.5, 0.6) is 0 Å². The van der Waals surface area contributed by atoms with Gasteiger partial charge in [0.25, 0.3) is 0 Å². The number of aromatic nitrogens is 1. The van der Waals surface area contributed by atoms with E-state index in [-0.39, 0.29) is 24.6 Å². The van der Waals surface area contributed by atoms with Crippen LogP contribution in [-0.2, 0) is 4.79 Å². The minimum absolute atomic E-state index is 0.0196. The number of rotatable bonds is 2. The molecule has 0 radical (unpaired) electrons. The summed E-state index contributed by atoms with van der Waals surface area (Å²) in [5.41, 5.74) is 1.08. The summed E-state index contributed by atoms with van der Waals surface area (Å²) in [4.78, 5) is 17.6. The quantitative estimate of drug-likeness (QED) is 0.830. The molecule has 4 nitrogen and oxygen atoms in total. The molecule has 1 saturated heterocycles. The Kier molecular flexibility index (Phi) is 3.98. The molecule has 1 aromatic rings. The Morgan fingerprint density at radius 2 is 2.41 bits per heavy atom. The Hall–Kier alpha value is -0.690. The number of carbonyl (C=O) groups is 1. The van der Waals surface area contributed by atoms with E-state index in [1.165, 1.54) is 0 Å². The first kappa shape index (κ1) is 12.8. The molecule has 0 saturated carbocycles. The van der Waals surface area contributed by atoms with E-state index in [2.05, 4.69) is 27.6 Å². The van der Waals surface area contributed by atoms with Gasteiger partial charge in [0.15, 0.2) is 0 Å². The molecule has 1 aliphatic rings. The van der Waals surface area contributed by atoms with E-state index < -0.39 is 0 Å². The molecule has 0 aromatic carbocycles. The molecule has 1 fully saturated rings. The zero-order valence-corrected chi connectivity index (χ0v) is 11.8. The third-order valence-electron chi connectivity index (χ3n) is 3.23. The van der Waals surface area contributed by atoms with E-state index in [4.69, 9.17) is 0 Å². The van der Waals surface area contributed by atoms with Crippen molar-refractivity contribution in [1.82, 2.24) is 9.88 Å². The van der Waals surface area contributed by atoms with Crippen LogP contribution in [0.25, 0.3) is 0 Å². The van der Waals surface area contributed by atoms with Gasteiger partial charge in [0.1, 0.15) is 0 Å². The number of hydrogen-bond acceptors (Lipinski definition) is 3. The van der Waals surface area contributed by atoms with Crippen molar-refractivity contribution in [3.05, 3.63) is 27.6 Å². The molecule has 1 aliphatic heterocycles. The van der Waals surface area contributed by atoms with E-state index in [0.29, 0.717) is 0 Å². The maximum absolute atomic E-state index is 11.7. The highest BCUT2D eigenvalue weighted by atomic mass is 127. The molecule has 0 bridgehead atoms. The Bertz CT molecular complexity index is 425. The van der Waals surface area contributed by atoms with Gasteiger partial charge in [0, 0.05) is 28.5 Å². The lowest BCUT2D eigenvalue weighted by Gasteiger charge is -2.29. The Morgan fingerprint density at radius 1 is 1.65 bits per heavy atom. The normalized spacial score (nSPS) is 24.1. The van der Waals surface area contributed by atoms with Crippen LogP contribution in [0.15, 0.2) is 18.5 Å². The van der Waals surface area contributed by atoms with Crippen LogP contribution in [0, 0.1) is 3.57 Å². The summed E-state index contributed by atoms with van der Waals surface area (Å²) in [5, 5.41) is 9.31. The van der Waals surface area contributed by atoms with Crippen LogP contribution in [0.3, 0.4) is 0 Å². The lowest BCUT2D eigenvalue weighted by molar-refractivity contribution is -0.132. The van der Waals surface area contributed by atoms with Crippen molar-refractivity contribution in [1.29, 1.82) is 0 Å². The second-order valence-electron chi connectivity index (χ2n) is 4.25. The lowest BCUT2D eigenvalue weighted by Crippen LogP contribution is -2.38. The van der Waals surface area contributed by atoms with E-state index in [1.54, 1.807) is 18.0 Å². The van der Waals surface area contributed by atoms with Gasteiger partial charge in [0.05, 0.1) is 18.7 Å². The van der Waals surface area contributed by atoms with Gasteiger partial charge in [-0.2, -0.15) is 0 Å². The molecule has 0 spiro atoms. The van der Waals surface area contributed by atoms with Crippen molar-refractivity contribution in [2.45, 2.75) is 31.8 Å². The number of nitrogens with zero attached hydrogens (tertiary/aromatic N) is 2. The van der Waals surface area contributed by atoms with Gasteiger partial charge in [-0.25, -0.2) is 0 Å². The zero-order valence-electron chi connectivity index (χ0n) is 9.64. The predicted octanol–water partition coefficient (Wildman–Crippen LogP) is 1.73. The maximum Gasteiger partial charge on any atom is 0.220 e. The maximum atomic E-state index is 11.7. The van der Waals surface area contributed by atoms with Gasteiger partial charge >= 0.3 is 0 Å². The van der Waals surface area contributed by atoms with Gasteiger partial charge < -0.3 is 10.0 Å². The van der Waals surface area contributed by atoms with E-state index >= 15 is 0 Å². The Morgan fingerprint density at radius 3 is 3.00 bits per heavy atom. The van der Waals surface area contributed by atoms with Gasteiger partial charge in [-0.3, -0.25) is 9.78 Å². The molecule has 0 aliphatic carbocycles. The smallest absolute Gasteiger partial charge is 0.220 e. The topological polar surface area (TPSA) is 53.4 Å². The average Bonchev–Trinajstić information content (AvgIpc) is 2.73. The van der Waals surface area contributed by atoms with Crippen molar-refractivity contribution < 1.29 is 9.90 Å². The molecule has 17 heavy (non-hydrogen) atoms. The van der Waals surface area contributed by atoms with Crippen LogP contribution in [0.1, 0.15) is 31.4 Å². The van der Waals surface area contributed by atoms with Crippen molar-refractivity contribution in [3.63, 3.8) is 0 Å². The highest BCUT2D eigenvalue weighted by molar-refractivity contribution is 14.1. The van der Waals surface area contributed by atoms with Crippen molar-refractivity contribution in [2.75, 3.05) is 6.61 Å². The summed E-state index contributed by atoms with van der Waals surface area (Å²) in [5.74, 6) is 0.0196. The third kappa shape index (κ3) is 2.44. The first-order valence-electron chi connectivity index (χ1n) is 5.64. The Labute approximate surface area is 114 Å². The minimum atomic E-state index is -0.0477. The van der Waals surface area contributed by atoms with Crippen molar-refractivity contribution in [2.24, 2.45) is 0 Å². The Balaban J connectivity index is 2.33. The molecule has 2 heterocycles. The van der Waals surface area contributed by atoms with Gasteiger partial charge in [-0.05, 0) is 41.5 Å². The van der Waals surface area contributed by atoms with Gasteiger partial charge in [0.2, 0.25) is 5.91 Å². The lowest BCUT2D eigenvalue weighted by atomic mass is 10.1. The highest BCUT2D eigenvalue weighted by Gasteiger charge is 2.36. The number of aliphatic hydroxyl groups excluding tert-OH is 1. The molecule has 5 heteroatoms. The second-order valence-corrected chi connectivity index (χ2v) is 5.42. The number of aliphatic hydroxyl groups is 1. The number of amides is 1. The number of carbonyl (C=O) groups excluding carboxylic acids is 1. The number of hydrogen-bond donors (Lipinski definition) is 1. The SMILES string of the molecule is CC(=O)N1[C@H](CO)CC[C@@H]1c1cnccc1I. The molecular weight excluding hydrogens is 331 g/mol. The van der Waals surface area contributed by atoms with Crippen LogP contribution in [-0.4, -0.2) is 33.5 Å². The first-order valence-corrected chi connectivity index (χ1v) is 6.72. The largest absolute Gasteiger partial charge is 0.394 e. The van der Waals surface area contributed by atoms with Gasteiger partial charge in [-0.15, -0.1) is 0 Å². The first-order chi connectivity index (χ1) is 8.15. The van der Waals surface area contributed by atoms with E-state index in [1.807, 2.05) is 12.3 Å². The molecule has 1 N–H and O–H groups in total. The number of likely N-dealkylation sites (tertiary alicyclic amines) is 1. The zero-order chi connectivity index (χ0) is 12.4. The fourth-order valence-corrected chi connectivity index (χ4v) is 3.14. The van der Waals surface area contributed by atoms with Crippen LogP contribution < -0.4 is 0 Å². The number of halogens is 1. The molecule has 1 amide bonds. The summed E-state index contributed by atoms with van der Waals surface area (Å²) < 4.78 is 1.12. The fraction of sp³-hybridized carbons (Fsp3) is 0.500. The summed E-state index contributed by atoms with van der Waals surface area (Å²) in [7, 11) is 0. The summed E-state index contributed by atoms with van der Waals surface area (Å²) in [6.45, 7) is 1.59. The third-order valence-corrected chi connectivity index (χ3v) is 4.21. The molecule has 92 valence electrons. The summed E-state index contributed by atoms with van der Waals surface area (Å²) >= 11 is 2.26. The molecule has 0 unspecified atom stereocenters. The second kappa shape index (κ2) is 5.30. The molecule has 1 aromatic heterocycles. The fourth-order valence-electron chi connectivity index (χ4n) is 2.48. The minimum Gasteiger partial charge on any atom is -0.394 e. The van der Waals surface area contributed by atoms with E-state index in [9.17, 15) is 9.90 Å². The monoisotopic (exact) mass is 346 g/mol. The van der Waals surface area contributed by atoms with Gasteiger partial charge in [-0.1, -0.05) is 0 Å². The van der Waals surface area contributed by atoms with Crippen molar-refractivity contribution >= 4 is 28.5 Å². The standard InChI is InChI=1S/C12H15IN2O2/c1-8(17)15-9(7-16)2-3-12(15)10-6-14-5-4-11(10)13/h4-6,9,12,16H,2-3,7H2,1H3/t9-,12+/m0/s1. The summed E-state index contributed by atoms with van der Waals surface area (Å²) in [6, 6.07) is 1.96.